The minimum absolute atomic E-state index is 0. The van der Waals surface area contributed by atoms with Crippen LogP contribution >= 0.6 is 24.0 Å². The molecule has 2 N–H and O–H groups in total. The van der Waals surface area contributed by atoms with Crippen molar-refractivity contribution in [2.45, 2.75) is 38.8 Å². The summed E-state index contributed by atoms with van der Waals surface area (Å²) in [5.41, 5.74) is 3.14. The van der Waals surface area contributed by atoms with Crippen molar-refractivity contribution in [3.05, 3.63) is 59.2 Å². The minimum atomic E-state index is -3.42. The number of rotatable bonds is 9. The molecule has 0 amide bonds. The van der Waals surface area contributed by atoms with Gasteiger partial charge in [0.25, 0.3) is 0 Å². The Kier molecular flexibility index (Phi) is 11.3. The molecule has 0 saturated heterocycles. The number of guanidine groups is 1. The molecule has 0 aliphatic rings. The number of aryl methyl sites for hydroxylation is 1. The van der Waals surface area contributed by atoms with Crippen LogP contribution in [0.25, 0.3) is 0 Å². The highest BCUT2D eigenvalue weighted by atomic mass is 127. The molecule has 0 aliphatic carbocycles. The van der Waals surface area contributed by atoms with E-state index in [0.717, 1.165) is 29.0 Å². The number of hydrogen-bond donors (Lipinski definition) is 2. The molecule has 0 saturated carbocycles. The fourth-order valence-corrected chi connectivity index (χ4v) is 3.67. The first-order valence-electron chi connectivity index (χ1n) is 10.0. The molecule has 172 valence electrons. The molecule has 0 atom stereocenters. The highest BCUT2D eigenvalue weighted by Crippen LogP contribution is 2.20. The molecule has 0 unspecified atom stereocenters. The number of ether oxygens (including phenoxy) is 1. The molecule has 31 heavy (non-hydrogen) atoms. The Balaban J connectivity index is 0.00000480. The van der Waals surface area contributed by atoms with Crippen molar-refractivity contribution in [1.82, 2.24) is 14.9 Å². The highest BCUT2D eigenvalue weighted by molar-refractivity contribution is 14.0. The number of nitrogens with zero attached hydrogens (tertiary/aromatic N) is 2. The zero-order chi connectivity index (χ0) is 22.1. The van der Waals surface area contributed by atoms with Gasteiger partial charge in [-0.15, -0.1) is 24.0 Å². The van der Waals surface area contributed by atoms with Crippen LogP contribution in [0.4, 0.5) is 0 Å². The van der Waals surface area contributed by atoms with Gasteiger partial charge in [-0.05, 0) is 50.1 Å². The lowest BCUT2D eigenvalue weighted by atomic mass is 10.1. The first-order chi connectivity index (χ1) is 14.3. The second-order valence-corrected chi connectivity index (χ2v) is 9.18. The van der Waals surface area contributed by atoms with Crippen LogP contribution in [-0.2, 0) is 23.1 Å². The van der Waals surface area contributed by atoms with E-state index in [2.05, 4.69) is 27.8 Å². The van der Waals surface area contributed by atoms with Gasteiger partial charge in [0.05, 0.1) is 18.0 Å². The van der Waals surface area contributed by atoms with Crippen molar-refractivity contribution in [3.63, 3.8) is 0 Å². The van der Waals surface area contributed by atoms with Crippen LogP contribution in [-0.4, -0.2) is 45.9 Å². The molecule has 0 heterocycles. The van der Waals surface area contributed by atoms with E-state index in [9.17, 15) is 8.42 Å². The van der Waals surface area contributed by atoms with Gasteiger partial charge >= 0.3 is 0 Å². The third-order valence-electron chi connectivity index (χ3n) is 4.43. The van der Waals surface area contributed by atoms with Gasteiger partial charge in [0.2, 0.25) is 10.0 Å². The van der Waals surface area contributed by atoms with Crippen molar-refractivity contribution in [2.24, 2.45) is 4.99 Å². The molecule has 2 rings (SSSR count). The average molecular weight is 561 g/mol. The Hall–Kier alpha value is -1.85. The predicted molar refractivity (Wildman–Crippen MR) is 137 cm³/mol. The van der Waals surface area contributed by atoms with E-state index in [1.807, 2.05) is 26.8 Å². The van der Waals surface area contributed by atoms with Gasteiger partial charge in [-0.1, -0.05) is 24.3 Å². The lowest BCUT2D eigenvalue weighted by Gasteiger charge is -2.15. The first kappa shape index (κ1) is 27.2. The number of halogens is 1. The molecule has 0 radical (unpaired) electrons. The van der Waals surface area contributed by atoms with E-state index in [1.165, 1.54) is 18.4 Å². The summed E-state index contributed by atoms with van der Waals surface area (Å²) in [4.78, 5) is 4.88. The molecule has 9 heteroatoms. The van der Waals surface area contributed by atoms with Crippen molar-refractivity contribution in [1.29, 1.82) is 0 Å². The second-order valence-electron chi connectivity index (χ2n) is 7.02. The predicted octanol–water partition coefficient (Wildman–Crippen LogP) is 3.52. The summed E-state index contributed by atoms with van der Waals surface area (Å²) in [6.45, 7) is 8.39. The third-order valence-corrected chi connectivity index (χ3v) is 6.26. The van der Waals surface area contributed by atoms with Gasteiger partial charge in [-0.2, -0.15) is 0 Å². The van der Waals surface area contributed by atoms with Gasteiger partial charge in [0, 0.05) is 32.7 Å². The first-order valence-corrected chi connectivity index (χ1v) is 11.5. The molecule has 0 aromatic heterocycles. The van der Waals surface area contributed by atoms with E-state index >= 15 is 0 Å². The molecule has 0 fully saturated rings. The minimum Gasteiger partial charge on any atom is -0.494 e. The van der Waals surface area contributed by atoms with E-state index in [1.54, 1.807) is 24.3 Å². The van der Waals surface area contributed by atoms with Gasteiger partial charge in [-0.3, -0.25) is 0 Å². The Morgan fingerprint density at radius 1 is 1.06 bits per heavy atom. The Labute approximate surface area is 203 Å². The van der Waals surface area contributed by atoms with Crippen LogP contribution < -0.4 is 15.4 Å². The summed E-state index contributed by atoms with van der Waals surface area (Å²) in [6.07, 6.45) is 0. The zero-order valence-corrected chi connectivity index (χ0v) is 22.0. The molecule has 0 bridgehead atoms. The molecule has 0 aliphatic heterocycles. The fourth-order valence-electron chi connectivity index (χ4n) is 2.77. The smallest absolute Gasteiger partial charge is 0.242 e. The van der Waals surface area contributed by atoms with Gasteiger partial charge in [0.15, 0.2) is 5.96 Å². The van der Waals surface area contributed by atoms with Crippen molar-refractivity contribution in [2.75, 3.05) is 27.2 Å². The van der Waals surface area contributed by atoms with Crippen LogP contribution in [0.1, 0.15) is 30.5 Å². The third kappa shape index (κ3) is 7.97. The van der Waals surface area contributed by atoms with E-state index in [-0.39, 0.29) is 28.9 Å². The van der Waals surface area contributed by atoms with Gasteiger partial charge in [-0.25, -0.2) is 17.7 Å². The number of benzene rings is 2. The van der Waals surface area contributed by atoms with Crippen LogP contribution in [0.3, 0.4) is 0 Å². The molecular weight excluding hydrogens is 527 g/mol. The summed E-state index contributed by atoms with van der Waals surface area (Å²) in [5, 5.41) is 6.56. The maximum atomic E-state index is 12.2. The maximum absolute atomic E-state index is 12.2. The lowest BCUT2D eigenvalue weighted by Crippen LogP contribution is -2.36. The average Bonchev–Trinajstić information content (AvgIpc) is 2.71. The van der Waals surface area contributed by atoms with Gasteiger partial charge in [0.1, 0.15) is 5.75 Å². The standard InChI is InChI=1S/C22H32N4O3S.HI/c1-6-23-22(25-16-19-11-8-17(3)14-21(19)29-7-2)24-15-18-9-12-20(13-10-18)30(27,28)26(4)5;/h8-14H,6-7,15-16H2,1-5H3,(H2,23,24,25);1H. The Morgan fingerprint density at radius 2 is 1.74 bits per heavy atom. The molecule has 0 spiro atoms. The Bertz CT molecular complexity index is 961. The SMILES string of the molecule is CCNC(=NCc1ccc(S(=O)(=O)N(C)C)cc1)NCc1ccc(C)cc1OCC.I. The molecule has 7 nitrogen and oxygen atoms in total. The van der Waals surface area contributed by atoms with Crippen molar-refractivity contribution < 1.29 is 13.2 Å². The normalized spacial score (nSPS) is 11.7. The summed E-state index contributed by atoms with van der Waals surface area (Å²) in [6, 6.07) is 13.0. The summed E-state index contributed by atoms with van der Waals surface area (Å²) in [7, 11) is -0.382. The number of aliphatic imine (C=N–C) groups is 1. The largest absolute Gasteiger partial charge is 0.494 e. The van der Waals surface area contributed by atoms with E-state index in [0.29, 0.717) is 25.7 Å². The maximum Gasteiger partial charge on any atom is 0.242 e. The molecule has 2 aromatic rings. The van der Waals surface area contributed by atoms with Crippen LogP contribution in [0.2, 0.25) is 0 Å². The summed E-state index contributed by atoms with van der Waals surface area (Å²) >= 11 is 0. The quantitative estimate of drug-likeness (QED) is 0.279. The van der Waals surface area contributed by atoms with Crippen LogP contribution in [0.5, 0.6) is 5.75 Å². The number of hydrogen-bond acceptors (Lipinski definition) is 4. The Morgan fingerprint density at radius 3 is 2.32 bits per heavy atom. The number of sulfonamides is 1. The monoisotopic (exact) mass is 560 g/mol. The van der Waals surface area contributed by atoms with Gasteiger partial charge < -0.3 is 15.4 Å². The van der Waals surface area contributed by atoms with E-state index in [4.69, 9.17) is 4.74 Å². The van der Waals surface area contributed by atoms with E-state index < -0.39 is 10.0 Å². The summed E-state index contributed by atoms with van der Waals surface area (Å²) < 4.78 is 31.3. The molecular formula is C22H33IN4O3S. The summed E-state index contributed by atoms with van der Waals surface area (Å²) in [5.74, 6) is 1.56. The van der Waals surface area contributed by atoms with Crippen LogP contribution in [0.15, 0.2) is 52.4 Å². The topological polar surface area (TPSA) is 83.0 Å². The number of nitrogens with one attached hydrogen (secondary N) is 2. The second kappa shape index (κ2) is 12.9. The lowest BCUT2D eigenvalue weighted by molar-refractivity contribution is 0.336. The zero-order valence-electron chi connectivity index (χ0n) is 18.8. The van der Waals surface area contributed by atoms with Crippen molar-refractivity contribution >= 4 is 40.0 Å². The highest BCUT2D eigenvalue weighted by Gasteiger charge is 2.16. The fraction of sp³-hybridized carbons (Fsp3) is 0.409. The van der Waals surface area contributed by atoms with Crippen molar-refractivity contribution in [3.8, 4) is 5.75 Å². The molecule has 2 aromatic carbocycles. The van der Waals surface area contributed by atoms with Crippen LogP contribution in [0, 0.1) is 6.92 Å².